The van der Waals surface area contributed by atoms with Gasteiger partial charge in [0.25, 0.3) is 5.91 Å². The maximum Gasteiger partial charge on any atom is 0.287 e. The number of guanidine groups is 1. The number of nitrogens with one attached hydrogen (secondary N) is 3. The van der Waals surface area contributed by atoms with Gasteiger partial charge in [-0.05, 0) is 38.3 Å². The van der Waals surface area contributed by atoms with Crippen molar-refractivity contribution in [3.05, 3.63) is 24.2 Å². The van der Waals surface area contributed by atoms with Crippen molar-refractivity contribution in [2.45, 2.75) is 52.2 Å². The normalized spacial score (nSPS) is 21.8. The van der Waals surface area contributed by atoms with Crippen LogP contribution in [0.4, 0.5) is 0 Å². The van der Waals surface area contributed by atoms with Crippen molar-refractivity contribution >= 4 is 11.9 Å². The second-order valence-corrected chi connectivity index (χ2v) is 6.55. The zero-order valence-corrected chi connectivity index (χ0v) is 16.3. The molecule has 7 nitrogen and oxygen atoms in total. The summed E-state index contributed by atoms with van der Waals surface area (Å²) in [6.45, 7) is 8.32. The van der Waals surface area contributed by atoms with Crippen LogP contribution in [0.2, 0.25) is 0 Å². The van der Waals surface area contributed by atoms with Crippen LogP contribution in [-0.4, -0.2) is 50.8 Å². The first kappa shape index (κ1) is 20.3. The smallest absolute Gasteiger partial charge is 0.287 e. The summed E-state index contributed by atoms with van der Waals surface area (Å²) >= 11 is 0. The zero-order chi connectivity index (χ0) is 19.0. The molecule has 0 aromatic carbocycles. The van der Waals surface area contributed by atoms with Crippen LogP contribution < -0.4 is 16.0 Å². The molecule has 0 bridgehead atoms. The Morgan fingerprint density at radius 1 is 1.31 bits per heavy atom. The third-order valence-corrected chi connectivity index (χ3v) is 5.45. The minimum Gasteiger partial charge on any atom is -0.459 e. The quantitative estimate of drug-likeness (QED) is 0.355. The highest BCUT2D eigenvalue weighted by Crippen LogP contribution is 2.48. The first-order chi connectivity index (χ1) is 12.6. The first-order valence-electron chi connectivity index (χ1n) is 9.51. The highest BCUT2D eigenvalue weighted by Gasteiger charge is 2.53. The number of furan rings is 1. The second-order valence-electron chi connectivity index (χ2n) is 6.55. The van der Waals surface area contributed by atoms with Gasteiger partial charge in [0.15, 0.2) is 11.7 Å². The van der Waals surface area contributed by atoms with Gasteiger partial charge in [0, 0.05) is 38.2 Å². The summed E-state index contributed by atoms with van der Waals surface area (Å²) in [5, 5.41) is 9.59. The van der Waals surface area contributed by atoms with E-state index in [1.165, 1.54) is 6.26 Å². The lowest BCUT2D eigenvalue weighted by Crippen LogP contribution is -2.65. The van der Waals surface area contributed by atoms with Crippen molar-refractivity contribution in [3.8, 4) is 0 Å². The van der Waals surface area contributed by atoms with Crippen LogP contribution in [0.3, 0.4) is 0 Å². The Bertz CT molecular complexity index is 582. The molecule has 1 saturated carbocycles. The standard InChI is InChI=1S/C19H32N4O3/c1-5-19(6-2)15(13-16(19)25-7-3)23-18(20-4)22-11-10-21-17(24)14-9-8-12-26-14/h8-9,12,15-16H,5-7,10-11,13H2,1-4H3,(H,21,24)(H2,20,22,23). The van der Waals surface area contributed by atoms with E-state index in [0.29, 0.717) is 31.0 Å². The largest absolute Gasteiger partial charge is 0.459 e. The minimum absolute atomic E-state index is 0.154. The van der Waals surface area contributed by atoms with E-state index in [0.717, 1.165) is 31.8 Å². The number of hydrogen-bond acceptors (Lipinski definition) is 4. The molecule has 0 radical (unpaired) electrons. The van der Waals surface area contributed by atoms with Crippen molar-refractivity contribution in [3.63, 3.8) is 0 Å². The molecule has 1 fully saturated rings. The van der Waals surface area contributed by atoms with Crippen LogP contribution in [-0.2, 0) is 4.74 Å². The van der Waals surface area contributed by atoms with Crippen LogP contribution in [0.1, 0.15) is 50.6 Å². The summed E-state index contributed by atoms with van der Waals surface area (Å²) in [4.78, 5) is 16.1. The molecule has 26 heavy (non-hydrogen) atoms. The number of nitrogens with zero attached hydrogens (tertiary/aromatic N) is 1. The molecule has 1 aromatic rings. The number of carbonyl (C=O) groups is 1. The molecule has 3 N–H and O–H groups in total. The summed E-state index contributed by atoms with van der Waals surface area (Å²) in [7, 11) is 1.76. The molecule has 1 aliphatic rings. The first-order valence-corrected chi connectivity index (χ1v) is 9.51. The predicted octanol–water partition coefficient (Wildman–Crippen LogP) is 2.16. The van der Waals surface area contributed by atoms with Gasteiger partial charge in [-0.3, -0.25) is 9.79 Å². The zero-order valence-electron chi connectivity index (χ0n) is 16.3. The van der Waals surface area contributed by atoms with E-state index in [1.807, 2.05) is 6.92 Å². The molecule has 0 aliphatic heterocycles. The fraction of sp³-hybridized carbons (Fsp3) is 0.684. The molecule has 1 aromatic heterocycles. The fourth-order valence-corrected chi connectivity index (χ4v) is 3.79. The van der Waals surface area contributed by atoms with E-state index < -0.39 is 0 Å². The molecule has 0 spiro atoms. The molecule has 1 heterocycles. The summed E-state index contributed by atoms with van der Waals surface area (Å²) in [6.07, 6.45) is 4.93. The molecule has 146 valence electrons. The van der Waals surface area contributed by atoms with Crippen molar-refractivity contribution < 1.29 is 13.9 Å². The second kappa shape index (κ2) is 9.62. The van der Waals surface area contributed by atoms with E-state index in [-0.39, 0.29) is 11.3 Å². The molecule has 2 rings (SSSR count). The Morgan fingerprint density at radius 3 is 2.62 bits per heavy atom. The highest BCUT2D eigenvalue weighted by molar-refractivity contribution is 5.91. The topological polar surface area (TPSA) is 87.9 Å². The van der Waals surface area contributed by atoms with Crippen molar-refractivity contribution in [2.75, 3.05) is 26.7 Å². The SMILES string of the molecule is CCOC1CC(NC(=NC)NCCNC(=O)c2ccco2)C1(CC)CC. The van der Waals surface area contributed by atoms with Crippen LogP contribution in [0.25, 0.3) is 0 Å². The highest BCUT2D eigenvalue weighted by atomic mass is 16.5. The van der Waals surface area contributed by atoms with Gasteiger partial charge >= 0.3 is 0 Å². The number of carbonyl (C=O) groups excluding carboxylic acids is 1. The van der Waals surface area contributed by atoms with Crippen LogP contribution in [0.5, 0.6) is 0 Å². The van der Waals surface area contributed by atoms with Gasteiger partial charge in [-0.2, -0.15) is 0 Å². The number of hydrogen-bond donors (Lipinski definition) is 3. The number of aliphatic imine (C=N–C) groups is 1. The van der Waals surface area contributed by atoms with E-state index in [4.69, 9.17) is 9.15 Å². The van der Waals surface area contributed by atoms with Crippen molar-refractivity contribution in [1.82, 2.24) is 16.0 Å². The van der Waals surface area contributed by atoms with Gasteiger partial charge in [-0.15, -0.1) is 0 Å². The third kappa shape index (κ3) is 4.38. The molecule has 1 aliphatic carbocycles. The van der Waals surface area contributed by atoms with Gasteiger partial charge < -0.3 is 25.1 Å². The van der Waals surface area contributed by atoms with E-state index in [1.54, 1.807) is 19.2 Å². The van der Waals surface area contributed by atoms with Crippen LogP contribution >= 0.6 is 0 Å². The van der Waals surface area contributed by atoms with Crippen LogP contribution in [0, 0.1) is 5.41 Å². The monoisotopic (exact) mass is 364 g/mol. The molecular weight excluding hydrogens is 332 g/mol. The summed E-state index contributed by atoms with van der Waals surface area (Å²) < 4.78 is 11.0. The summed E-state index contributed by atoms with van der Waals surface area (Å²) in [5.74, 6) is 0.859. The lowest BCUT2D eigenvalue weighted by Gasteiger charge is -2.55. The van der Waals surface area contributed by atoms with Gasteiger partial charge in [0.1, 0.15) is 0 Å². The number of ether oxygens (including phenoxy) is 1. The average molecular weight is 364 g/mol. The van der Waals surface area contributed by atoms with Gasteiger partial charge in [-0.1, -0.05) is 13.8 Å². The maximum absolute atomic E-state index is 11.8. The summed E-state index contributed by atoms with van der Waals surface area (Å²) in [5.41, 5.74) is 0.154. The molecule has 2 unspecified atom stereocenters. The third-order valence-electron chi connectivity index (χ3n) is 5.45. The minimum atomic E-state index is -0.214. The molecule has 2 atom stereocenters. The Kier molecular flexibility index (Phi) is 7.50. The Morgan fingerprint density at radius 2 is 2.04 bits per heavy atom. The van der Waals surface area contributed by atoms with Crippen molar-refractivity contribution in [1.29, 1.82) is 0 Å². The van der Waals surface area contributed by atoms with Gasteiger partial charge in [0.05, 0.1) is 12.4 Å². The fourth-order valence-electron chi connectivity index (χ4n) is 3.79. The van der Waals surface area contributed by atoms with E-state index in [9.17, 15) is 4.79 Å². The maximum atomic E-state index is 11.8. The molecule has 1 amide bonds. The van der Waals surface area contributed by atoms with Gasteiger partial charge in [0.2, 0.25) is 0 Å². The Hall–Kier alpha value is -2.02. The molecule has 0 saturated heterocycles. The Balaban J connectivity index is 1.78. The molecule has 7 heteroatoms. The van der Waals surface area contributed by atoms with Crippen molar-refractivity contribution in [2.24, 2.45) is 10.4 Å². The van der Waals surface area contributed by atoms with E-state index in [2.05, 4.69) is 34.8 Å². The average Bonchev–Trinajstić information content (AvgIpc) is 3.18. The predicted molar refractivity (Wildman–Crippen MR) is 102 cm³/mol. The number of rotatable bonds is 9. The summed E-state index contributed by atoms with van der Waals surface area (Å²) in [6, 6.07) is 3.68. The van der Waals surface area contributed by atoms with E-state index >= 15 is 0 Å². The van der Waals surface area contributed by atoms with Crippen LogP contribution in [0.15, 0.2) is 27.8 Å². The molecular formula is C19H32N4O3. The lowest BCUT2D eigenvalue weighted by molar-refractivity contribution is -0.133. The number of amides is 1. The van der Waals surface area contributed by atoms with Gasteiger partial charge in [-0.25, -0.2) is 0 Å². The Labute approximate surface area is 156 Å². The lowest BCUT2D eigenvalue weighted by atomic mass is 9.58.